The minimum absolute atomic E-state index is 0.0292. The second-order valence-corrected chi connectivity index (χ2v) is 5.98. The zero-order valence-electron chi connectivity index (χ0n) is 14.6. The Morgan fingerprint density at radius 3 is 2.70 bits per heavy atom. The Labute approximate surface area is 155 Å². The van der Waals surface area contributed by atoms with Crippen molar-refractivity contribution in [3.63, 3.8) is 0 Å². The van der Waals surface area contributed by atoms with E-state index >= 15 is 0 Å². The van der Waals surface area contributed by atoms with Crippen LogP contribution in [0.3, 0.4) is 0 Å². The van der Waals surface area contributed by atoms with Gasteiger partial charge in [0.05, 0.1) is 31.1 Å². The molecule has 1 aliphatic rings. The Bertz CT molecular complexity index is 1020. The number of rotatable bonds is 7. The lowest BCUT2D eigenvalue weighted by atomic mass is 10.0. The Morgan fingerprint density at radius 2 is 1.81 bits per heavy atom. The molecule has 0 bridgehead atoms. The first kappa shape index (κ1) is 17.3. The third-order valence-corrected chi connectivity index (χ3v) is 4.25. The zero-order valence-corrected chi connectivity index (χ0v) is 14.6. The van der Waals surface area contributed by atoms with Crippen LogP contribution in [0.4, 0.5) is 5.69 Å². The van der Waals surface area contributed by atoms with Gasteiger partial charge < -0.3 is 24.8 Å². The van der Waals surface area contributed by atoms with Crippen molar-refractivity contribution in [3.05, 3.63) is 59.7 Å². The van der Waals surface area contributed by atoms with Crippen molar-refractivity contribution in [1.29, 1.82) is 0 Å². The van der Waals surface area contributed by atoms with Crippen LogP contribution in [0.5, 0.6) is 5.88 Å². The molecule has 138 valence electrons. The third-order valence-electron chi connectivity index (χ3n) is 4.25. The van der Waals surface area contributed by atoms with E-state index in [9.17, 15) is 5.11 Å². The van der Waals surface area contributed by atoms with Gasteiger partial charge >= 0.3 is 0 Å². The number of nitrogens with one attached hydrogen (secondary N) is 1. The molecule has 4 rings (SSSR count). The molecule has 27 heavy (non-hydrogen) atoms. The maximum Gasteiger partial charge on any atom is 0.199 e. The fraction of sp³-hybridized carbons (Fsp3) is 0.200. The average molecular weight is 365 g/mol. The van der Waals surface area contributed by atoms with Gasteiger partial charge in [-0.15, -0.1) is 0 Å². The van der Waals surface area contributed by atoms with Crippen LogP contribution in [0.2, 0.25) is 0 Å². The monoisotopic (exact) mass is 365 g/mol. The van der Waals surface area contributed by atoms with Crippen molar-refractivity contribution in [2.45, 2.75) is 0 Å². The number of ether oxygens (including phenoxy) is 1. The number of H-pyrrole nitrogens is 1. The fourth-order valence-corrected chi connectivity index (χ4v) is 3.08. The lowest BCUT2D eigenvalue weighted by Gasteiger charge is -2.05. The Hall–Kier alpha value is -3.16. The molecule has 0 amide bonds. The number of hydrogen-bond donors (Lipinski definition) is 3. The number of para-hydroxylation sites is 2. The highest BCUT2D eigenvalue weighted by Crippen LogP contribution is 2.35. The van der Waals surface area contributed by atoms with Gasteiger partial charge in [0, 0.05) is 16.5 Å². The normalized spacial score (nSPS) is 14.6. The third kappa shape index (κ3) is 3.30. The summed E-state index contributed by atoms with van der Waals surface area (Å²) in [4.78, 5) is 13.1. The predicted molar refractivity (Wildman–Crippen MR) is 103 cm³/mol. The zero-order chi connectivity index (χ0) is 18.6. The molecule has 0 saturated carbocycles. The summed E-state index contributed by atoms with van der Waals surface area (Å²) < 4.78 is 5.17. The summed E-state index contributed by atoms with van der Waals surface area (Å²) in [6, 6.07) is 15.3. The van der Waals surface area contributed by atoms with E-state index < -0.39 is 0 Å². The number of aliphatic hydroxyl groups is 1. The molecular weight excluding hydrogens is 346 g/mol. The molecule has 2 aromatic carbocycles. The Morgan fingerprint density at radius 1 is 1.00 bits per heavy atom. The molecule has 7 nitrogen and oxygen atoms in total. The van der Waals surface area contributed by atoms with E-state index in [1.54, 1.807) is 0 Å². The van der Waals surface area contributed by atoms with Crippen molar-refractivity contribution in [2.24, 2.45) is 10.1 Å². The van der Waals surface area contributed by atoms with Gasteiger partial charge in [-0.25, -0.2) is 4.99 Å². The molecule has 3 aromatic rings. The Kier molecular flexibility index (Phi) is 4.86. The number of hydrogen-bond acceptors (Lipinski definition) is 6. The van der Waals surface area contributed by atoms with Gasteiger partial charge in [0.2, 0.25) is 0 Å². The number of nitrogens with zero attached hydrogens (tertiary/aromatic N) is 2. The van der Waals surface area contributed by atoms with Crippen molar-refractivity contribution in [2.75, 3.05) is 26.4 Å². The second kappa shape index (κ2) is 7.61. The number of aromatic nitrogens is 1. The van der Waals surface area contributed by atoms with Gasteiger partial charge in [0.1, 0.15) is 18.0 Å². The van der Waals surface area contributed by atoms with Crippen LogP contribution in [-0.2, 0) is 9.57 Å². The number of aromatic hydroxyl groups is 1. The molecule has 0 saturated heterocycles. The van der Waals surface area contributed by atoms with Crippen LogP contribution >= 0.6 is 0 Å². The van der Waals surface area contributed by atoms with Gasteiger partial charge in [-0.05, 0) is 12.1 Å². The molecule has 0 aliphatic carbocycles. The van der Waals surface area contributed by atoms with E-state index in [2.05, 4.69) is 15.1 Å². The minimum atomic E-state index is -0.0292. The molecule has 0 fully saturated rings. The van der Waals surface area contributed by atoms with Gasteiger partial charge in [-0.2, -0.15) is 0 Å². The van der Waals surface area contributed by atoms with Crippen LogP contribution in [0.25, 0.3) is 10.9 Å². The van der Waals surface area contributed by atoms with Crippen molar-refractivity contribution in [1.82, 2.24) is 4.98 Å². The topological polar surface area (TPSA) is 99.4 Å². The van der Waals surface area contributed by atoms with Gasteiger partial charge in [-0.3, -0.25) is 0 Å². The van der Waals surface area contributed by atoms with Crippen molar-refractivity contribution >= 4 is 28.0 Å². The lowest BCUT2D eigenvalue weighted by molar-refractivity contribution is 0.0355. The van der Waals surface area contributed by atoms with Crippen molar-refractivity contribution in [3.8, 4) is 5.88 Å². The minimum Gasteiger partial charge on any atom is -0.494 e. The molecule has 0 unspecified atom stereocenters. The molecule has 1 aromatic heterocycles. The maximum absolute atomic E-state index is 10.5. The number of oxime groups is 1. The highest BCUT2D eigenvalue weighted by Gasteiger charge is 2.29. The van der Waals surface area contributed by atoms with Gasteiger partial charge in [0.25, 0.3) is 0 Å². The summed E-state index contributed by atoms with van der Waals surface area (Å²) in [5.41, 5.74) is 4.15. The summed E-state index contributed by atoms with van der Waals surface area (Å²) in [7, 11) is 0. The summed E-state index contributed by atoms with van der Waals surface area (Å²) in [6.07, 6.45) is 0. The molecule has 1 aliphatic heterocycles. The number of aliphatic imine (C=N–C) groups is 1. The number of fused-ring (bicyclic) bond motifs is 2. The van der Waals surface area contributed by atoms with Gasteiger partial charge in [0.15, 0.2) is 5.88 Å². The largest absolute Gasteiger partial charge is 0.494 e. The van der Waals surface area contributed by atoms with E-state index in [0.717, 1.165) is 22.2 Å². The fourth-order valence-electron chi connectivity index (χ4n) is 3.08. The van der Waals surface area contributed by atoms with E-state index in [0.29, 0.717) is 23.6 Å². The van der Waals surface area contributed by atoms with Crippen LogP contribution in [-0.4, -0.2) is 53.0 Å². The van der Waals surface area contributed by atoms with E-state index in [1.165, 1.54) is 0 Å². The quantitative estimate of drug-likeness (QED) is 0.443. The van der Waals surface area contributed by atoms with Gasteiger partial charge in [-0.1, -0.05) is 41.6 Å². The standard InChI is InChI=1S/C20H19N3O4/c24-9-10-26-11-12-27-23-18-14-6-2-4-8-16(14)21-19(18)17-13-5-1-3-7-15(13)22-20(17)25/h1-8,22,24-25H,9-12H2/b23-18-. The first-order chi connectivity index (χ1) is 13.3. The summed E-state index contributed by atoms with van der Waals surface area (Å²) in [6.45, 7) is 0.805. The lowest BCUT2D eigenvalue weighted by Crippen LogP contribution is -2.14. The molecule has 3 N–H and O–H groups in total. The molecule has 0 radical (unpaired) electrons. The van der Waals surface area contributed by atoms with E-state index in [1.807, 2.05) is 48.5 Å². The summed E-state index contributed by atoms with van der Waals surface area (Å²) >= 11 is 0. The molecule has 2 heterocycles. The van der Waals surface area contributed by atoms with E-state index in [4.69, 9.17) is 14.7 Å². The van der Waals surface area contributed by atoms with Crippen LogP contribution in [0.15, 0.2) is 58.7 Å². The van der Waals surface area contributed by atoms with Crippen molar-refractivity contribution < 1.29 is 19.8 Å². The number of benzene rings is 2. The first-order valence-corrected chi connectivity index (χ1v) is 8.66. The van der Waals surface area contributed by atoms with Crippen LogP contribution in [0.1, 0.15) is 11.1 Å². The number of aromatic amines is 1. The molecule has 0 atom stereocenters. The van der Waals surface area contributed by atoms with E-state index in [-0.39, 0.29) is 25.7 Å². The van der Waals surface area contributed by atoms with Crippen LogP contribution < -0.4 is 0 Å². The smallest absolute Gasteiger partial charge is 0.199 e. The maximum atomic E-state index is 10.5. The molecule has 7 heteroatoms. The SMILES string of the molecule is OCCOCCO/N=C1\C(c2c(O)[nH]c3ccccc23)=Nc2ccccc21. The predicted octanol–water partition coefficient (Wildman–Crippen LogP) is 2.74. The molecule has 0 spiro atoms. The highest BCUT2D eigenvalue weighted by molar-refractivity contribution is 6.58. The number of aliphatic hydroxyl groups excluding tert-OH is 1. The first-order valence-electron chi connectivity index (χ1n) is 8.66. The highest BCUT2D eigenvalue weighted by atomic mass is 16.6. The summed E-state index contributed by atoms with van der Waals surface area (Å²) in [5, 5.41) is 24.3. The second-order valence-electron chi connectivity index (χ2n) is 5.98. The van der Waals surface area contributed by atoms with Crippen LogP contribution in [0, 0.1) is 0 Å². The Balaban J connectivity index is 1.69. The average Bonchev–Trinajstić information content (AvgIpc) is 3.21. The summed E-state index contributed by atoms with van der Waals surface area (Å²) in [5.74, 6) is 0.0433. The molecular formula is C20H19N3O4.